The SMILES string of the molecule is CC(=O)c1c(C2CCC(CC(=O)[C@@H](C)O)CC2)nc2c(-c3ccc(-c4ccccc4)nc3)cnn2c1N.CC(=O)c1c(C2CCC(CC(=O)[C@@H](C)O)CC2)nc2c(-c3ccc(-c4ccccc4)nc3)cnn2c1N.C[C@@H](O)C(=O)CC1CCC(c2nc3c(-c4ccc(-c5ccccc5)nc4)cnn3c(N)c2Br)CC1.C[C@@H](O)C(=O)CC1CCC(c2nc3c(-c4ccc(-c5ccccc5)nc4)cnn3c(N)c2Br)CC1. The second-order valence-electron chi connectivity index (χ2n) is 38.6. The second kappa shape index (κ2) is 45.3. The summed E-state index contributed by atoms with van der Waals surface area (Å²) in [6.45, 7) is 9.13. The second-order valence-corrected chi connectivity index (χ2v) is 40.2. The van der Waals surface area contributed by atoms with Gasteiger partial charge in [0.2, 0.25) is 0 Å². The van der Waals surface area contributed by atoms with E-state index in [4.69, 9.17) is 42.9 Å². The number of aliphatic hydroxyl groups excluding tert-OH is 4. The zero-order valence-electron chi connectivity index (χ0n) is 81.3. The number of rotatable bonds is 26. The minimum absolute atomic E-state index is 0.0606. The van der Waals surface area contributed by atoms with E-state index in [9.17, 15) is 49.2 Å². The van der Waals surface area contributed by atoms with E-state index < -0.39 is 24.4 Å². The molecular formula is C112H118Br2N20O10. The van der Waals surface area contributed by atoms with Crippen LogP contribution in [0, 0.1) is 23.7 Å². The van der Waals surface area contributed by atoms with Crippen molar-refractivity contribution in [1.82, 2.24) is 78.3 Å². The van der Waals surface area contributed by atoms with Gasteiger partial charge in [0, 0.05) is 141 Å². The maximum absolute atomic E-state index is 12.7. The molecule has 4 atom stereocenters. The molecule has 0 radical (unpaired) electrons. The number of anilines is 4. The van der Waals surface area contributed by atoms with E-state index in [1.807, 2.05) is 182 Å². The van der Waals surface area contributed by atoms with Crippen LogP contribution < -0.4 is 22.9 Å². The number of pyridine rings is 4. The van der Waals surface area contributed by atoms with E-state index in [0.717, 1.165) is 213 Å². The number of aliphatic hydroxyl groups is 4. The van der Waals surface area contributed by atoms with E-state index in [-0.39, 0.29) is 70.2 Å². The molecule has 0 saturated heterocycles. The third-order valence-electron chi connectivity index (χ3n) is 28.8. The number of halogens is 2. The number of nitrogen functional groups attached to an aromatic ring is 4. The number of nitrogens with zero attached hydrogens (tertiary/aromatic N) is 16. The van der Waals surface area contributed by atoms with Gasteiger partial charge in [0.15, 0.2) is 57.3 Å². The van der Waals surface area contributed by atoms with Gasteiger partial charge in [0.1, 0.15) is 47.7 Å². The lowest BCUT2D eigenvalue weighted by atomic mass is 9.77. The van der Waals surface area contributed by atoms with Crippen LogP contribution in [0.2, 0.25) is 0 Å². The Bertz CT molecular complexity index is 6860. The number of hydrogen-bond acceptors (Lipinski definition) is 26. The summed E-state index contributed by atoms with van der Waals surface area (Å²) < 4.78 is 7.96. The summed E-state index contributed by atoms with van der Waals surface area (Å²) in [5, 5.41) is 56.1. The third-order valence-corrected chi connectivity index (χ3v) is 30.4. The van der Waals surface area contributed by atoms with Gasteiger partial charge >= 0.3 is 0 Å². The monoisotopic (exact) mass is 2060 g/mol. The van der Waals surface area contributed by atoms with Crippen molar-refractivity contribution in [3.8, 4) is 89.5 Å². The van der Waals surface area contributed by atoms with Crippen molar-refractivity contribution >= 4 is 112 Å². The number of benzene rings is 4. The first-order valence-corrected chi connectivity index (χ1v) is 51.0. The highest BCUT2D eigenvalue weighted by Crippen LogP contribution is 2.47. The number of ketones is 6. The predicted octanol–water partition coefficient (Wildman–Crippen LogP) is 20.5. The number of aromatic nitrogens is 16. The van der Waals surface area contributed by atoms with Gasteiger partial charge in [-0.1, -0.05) is 146 Å². The van der Waals surface area contributed by atoms with Gasteiger partial charge in [-0.15, -0.1) is 0 Å². The van der Waals surface area contributed by atoms with E-state index in [0.29, 0.717) is 106 Å². The standard InChI is InChI=1S/2C29H31N5O3.2C27H28BrN5O2/c2*1-17(35)25(37)14-19-8-10-21(11-9-19)27-26(18(2)36)28(30)34-29(33-27)23(16-32-34)22-12-13-24(31-15-22)20-6-4-3-5-7-20;2*1-16(34)23(35)13-17-7-9-19(10-8-17)25-24(28)26(29)33-27(32-25)21(15-31-33)20-11-12-22(30-14-20)18-5-3-2-4-6-18/h2*3-7,12-13,15-17,19,21,35H,8-11,14,30H2,1-2H3;2*2-6,11-12,14-17,19,34H,7-10,13,29H2,1H3/t2*17-,19?,21?;2*16-,17?,19?/m1111/s1. The van der Waals surface area contributed by atoms with Crippen LogP contribution in [-0.4, -0.2) is 158 Å². The van der Waals surface area contributed by atoms with Crippen LogP contribution in [0.3, 0.4) is 0 Å². The highest BCUT2D eigenvalue weighted by atomic mass is 79.9. The molecule has 4 aromatic carbocycles. The van der Waals surface area contributed by atoms with Crippen LogP contribution in [0.15, 0.2) is 228 Å². The summed E-state index contributed by atoms with van der Waals surface area (Å²) in [7, 11) is 0. The van der Waals surface area contributed by atoms with Crippen molar-refractivity contribution in [3.05, 3.63) is 262 Å². The topological polar surface area (TPSA) is 460 Å². The van der Waals surface area contributed by atoms with Crippen LogP contribution in [0.25, 0.3) is 112 Å². The molecule has 144 heavy (non-hydrogen) atoms. The van der Waals surface area contributed by atoms with Crippen molar-refractivity contribution in [1.29, 1.82) is 0 Å². The Hall–Kier alpha value is -14.0. The van der Waals surface area contributed by atoms with Gasteiger partial charge in [0.05, 0.1) is 90.4 Å². The number of carbonyl (C=O) groups is 6. The lowest BCUT2D eigenvalue weighted by Gasteiger charge is -2.29. The minimum Gasteiger partial charge on any atom is -0.386 e. The average Bonchev–Trinajstić information content (AvgIpc) is 1.53. The Kier molecular flexibility index (Phi) is 31.9. The maximum atomic E-state index is 12.7. The first-order valence-electron chi connectivity index (χ1n) is 49.4. The molecule has 0 aliphatic heterocycles. The summed E-state index contributed by atoms with van der Waals surface area (Å²) in [5.74, 6) is 2.68. The molecule has 32 heteroatoms. The summed E-state index contributed by atoms with van der Waals surface area (Å²) in [5.41, 5.74) is 47.4. The molecule has 4 saturated carbocycles. The Morgan fingerprint density at radius 2 is 0.500 bits per heavy atom. The molecular weight excluding hydrogens is 1950 g/mol. The lowest BCUT2D eigenvalue weighted by Crippen LogP contribution is -2.24. The molecule has 12 heterocycles. The van der Waals surface area contributed by atoms with E-state index in [1.165, 1.54) is 36.7 Å². The van der Waals surface area contributed by atoms with E-state index in [1.54, 1.807) is 60.1 Å². The lowest BCUT2D eigenvalue weighted by molar-refractivity contribution is -0.128. The number of hydrogen-bond donors (Lipinski definition) is 8. The van der Waals surface area contributed by atoms with Gasteiger partial charge in [-0.05, 0) is 224 Å². The van der Waals surface area contributed by atoms with Crippen LogP contribution >= 0.6 is 31.9 Å². The zero-order valence-corrected chi connectivity index (χ0v) is 84.5. The smallest absolute Gasteiger partial charge is 0.165 e. The third kappa shape index (κ3) is 22.6. The number of fused-ring (bicyclic) bond motifs is 4. The molecule has 30 nitrogen and oxygen atoms in total. The molecule has 0 bridgehead atoms. The first kappa shape index (κ1) is 101. The molecule has 4 aliphatic carbocycles. The first-order chi connectivity index (χ1) is 69.5. The van der Waals surface area contributed by atoms with E-state index in [2.05, 4.69) is 72.2 Å². The molecule has 20 rings (SSSR count). The molecule has 4 fully saturated rings. The van der Waals surface area contributed by atoms with Gasteiger partial charge in [-0.2, -0.15) is 38.5 Å². The van der Waals surface area contributed by atoms with Crippen LogP contribution in [0.5, 0.6) is 0 Å². The van der Waals surface area contributed by atoms with Crippen molar-refractivity contribution in [2.75, 3.05) is 22.9 Å². The van der Waals surface area contributed by atoms with E-state index >= 15 is 0 Å². The van der Waals surface area contributed by atoms with Crippen LogP contribution in [-0.2, 0) is 19.2 Å². The number of carbonyl (C=O) groups excluding carboxylic acids is 6. The highest BCUT2D eigenvalue weighted by molar-refractivity contribution is 9.11. The summed E-state index contributed by atoms with van der Waals surface area (Å²) in [6.07, 6.45) is 26.3. The summed E-state index contributed by atoms with van der Waals surface area (Å²) in [4.78, 5) is 112. The van der Waals surface area contributed by atoms with Gasteiger partial charge in [-0.25, -0.2) is 19.9 Å². The Morgan fingerprint density at radius 1 is 0.292 bits per heavy atom. The van der Waals surface area contributed by atoms with Crippen molar-refractivity contribution in [3.63, 3.8) is 0 Å². The van der Waals surface area contributed by atoms with Crippen molar-refractivity contribution < 1.29 is 49.2 Å². The largest absolute Gasteiger partial charge is 0.386 e. The predicted molar refractivity (Wildman–Crippen MR) is 564 cm³/mol. The quantitative estimate of drug-likeness (QED) is 0.0233. The normalized spacial score (nSPS) is 18.8. The molecule has 4 aliphatic rings. The van der Waals surface area contributed by atoms with Crippen molar-refractivity contribution in [2.24, 2.45) is 23.7 Å². The molecule has 12 aromatic heterocycles. The fourth-order valence-corrected chi connectivity index (χ4v) is 21.6. The fraction of sp³-hybridized carbons (Fsp3) is 0.339. The molecule has 16 aromatic rings. The van der Waals surface area contributed by atoms with Gasteiger partial charge < -0.3 is 43.4 Å². The van der Waals surface area contributed by atoms with Crippen LogP contribution in [0.4, 0.5) is 23.3 Å². The molecule has 0 unspecified atom stereocenters. The summed E-state index contributed by atoms with van der Waals surface area (Å²) in [6, 6.07) is 56.1. The average molecular weight is 2060 g/mol. The summed E-state index contributed by atoms with van der Waals surface area (Å²) >= 11 is 7.33. The number of nitrogens with two attached hydrogens (primary N) is 4. The minimum atomic E-state index is -0.928. The molecule has 12 N–H and O–H groups in total. The number of Topliss-reactive ketones (excluding diaryl/α,β-unsaturated/α-hetero) is 6. The zero-order chi connectivity index (χ0) is 101. The fourth-order valence-electron chi connectivity index (χ4n) is 20.5. The van der Waals surface area contributed by atoms with Crippen molar-refractivity contribution in [2.45, 2.75) is 218 Å². The highest BCUT2D eigenvalue weighted by Gasteiger charge is 2.37. The Labute approximate surface area is 850 Å². The molecule has 0 spiro atoms. The Balaban J connectivity index is 0.000000132. The maximum Gasteiger partial charge on any atom is 0.165 e. The molecule has 0 amide bonds. The van der Waals surface area contributed by atoms with Gasteiger partial charge in [-0.3, -0.25) is 48.7 Å². The Morgan fingerprint density at radius 3 is 0.701 bits per heavy atom. The van der Waals surface area contributed by atoms with Gasteiger partial charge in [0.25, 0.3) is 0 Å². The molecule has 740 valence electrons. The van der Waals surface area contributed by atoms with Crippen LogP contribution in [0.1, 0.15) is 237 Å².